The second kappa shape index (κ2) is 7.39. The van der Waals surface area contributed by atoms with Gasteiger partial charge in [-0.15, -0.1) is 0 Å². The monoisotopic (exact) mass is 268 g/mol. The third kappa shape index (κ3) is 5.07. The number of carbonyl (C=O) groups is 1. The topological polar surface area (TPSA) is 32.3 Å². The highest BCUT2D eigenvalue weighted by Gasteiger charge is 2.04. The molecule has 0 spiro atoms. The predicted molar refractivity (Wildman–Crippen MR) is 75.8 cm³/mol. The summed E-state index contributed by atoms with van der Waals surface area (Å²) in [5.41, 5.74) is 2.30. The molecule has 1 rings (SSSR count). The molecule has 0 aliphatic rings. The number of amides is 1. The highest BCUT2D eigenvalue weighted by Crippen LogP contribution is 2.17. The molecule has 1 N–H and O–H groups in total. The Morgan fingerprint density at radius 1 is 1.44 bits per heavy atom. The van der Waals surface area contributed by atoms with Gasteiger partial charge in [-0.05, 0) is 44.1 Å². The van der Waals surface area contributed by atoms with Gasteiger partial charge in [-0.25, -0.2) is 0 Å². The molecule has 3 nitrogen and oxygen atoms in total. The maximum absolute atomic E-state index is 11.1. The van der Waals surface area contributed by atoms with Crippen molar-refractivity contribution in [1.82, 2.24) is 10.2 Å². The summed E-state index contributed by atoms with van der Waals surface area (Å²) in [6.45, 7) is 3.76. The molecule has 1 aromatic rings. The minimum atomic E-state index is 0.0989. The molecule has 0 heterocycles. The molecule has 0 bridgehead atoms. The summed E-state index contributed by atoms with van der Waals surface area (Å²) in [5.74, 6) is 0.0989. The average molecular weight is 269 g/mol. The molecular weight excluding hydrogens is 248 g/mol. The maximum Gasteiger partial charge on any atom is 0.219 e. The third-order valence-electron chi connectivity index (χ3n) is 2.91. The lowest BCUT2D eigenvalue weighted by Gasteiger charge is -2.16. The Morgan fingerprint density at radius 3 is 2.78 bits per heavy atom. The van der Waals surface area contributed by atoms with Crippen LogP contribution in [0, 0.1) is 6.92 Å². The largest absolute Gasteiger partial charge is 0.359 e. The van der Waals surface area contributed by atoms with Crippen LogP contribution in [0.15, 0.2) is 18.2 Å². The van der Waals surface area contributed by atoms with Crippen molar-refractivity contribution in [2.45, 2.75) is 26.3 Å². The quantitative estimate of drug-likeness (QED) is 0.860. The number of nitrogens with zero attached hydrogens (tertiary/aromatic N) is 1. The van der Waals surface area contributed by atoms with E-state index in [-0.39, 0.29) is 5.91 Å². The number of nitrogens with one attached hydrogen (secondary N) is 1. The fourth-order valence-corrected chi connectivity index (χ4v) is 1.96. The van der Waals surface area contributed by atoms with Gasteiger partial charge in [-0.3, -0.25) is 4.79 Å². The zero-order valence-corrected chi connectivity index (χ0v) is 12.0. The van der Waals surface area contributed by atoms with Crippen molar-refractivity contribution in [2.24, 2.45) is 0 Å². The van der Waals surface area contributed by atoms with E-state index in [2.05, 4.69) is 23.3 Å². The molecule has 0 aliphatic heterocycles. The van der Waals surface area contributed by atoms with Crippen LogP contribution in [0.2, 0.25) is 5.02 Å². The third-order valence-corrected chi connectivity index (χ3v) is 3.32. The Bertz CT molecular complexity index is 407. The first-order valence-corrected chi connectivity index (χ1v) is 6.55. The summed E-state index contributed by atoms with van der Waals surface area (Å²) in [5, 5.41) is 3.44. The van der Waals surface area contributed by atoms with Gasteiger partial charge in [-0.1, -0.05) is 23.7 Å². The van der Waals surface area contributed by atoms with Crippen molar-refractivity contribution >= 4 is 17.5 Å². The van der Waals surface area contributed by atoms with Crippen molar-refractivity contribution in [2.75, 3.05) is 20.6 Å². The minimum absolute atomic E-state index is 0.0989. The minimum Gasteiger partial charge on any atom is -0.359 e. The molecule has 18 heavy (non-hydrogen) atoms. The molecule has 100 valence electrons. The Kier molecular flexibility index (Phi) is 6.16. The zero-order chi connectivity index (χ0) is 13.5. The van der Waals surface area contributed by atoms with Gasteiger partial charge in [0.05, 0.1) is 0 Å². The number of rotatable bonds is 6. The highest BCUT2D eigenvalue weighted by molar-refractivity contribution is 6.31. The highest BCUT2D eigenvalue weighted by atomic mass is 35.5. The Morgan fingerprint density at radius 2 is 2.17 bits per heavy atom. The lowest BCUT2D eigenvalue weighted by molar-refractivity contribution is -0.120. The van der Waals surface area contributed by atoms with Gasteiger partial charge in [0.15, 0.2) is 0 Å². The standard InChI is InChI=1S/C14H21ClN2O/c1-11-6-7-12(9-13(11)15)10-17(3)8-4-5-14(18)16-2/h6-7,9H,4-5,8,10H2,1-3H3,(H,16,18). The van der Waals surface area contributed by atoms with Gasteiger partial charge in [-0.2, -0.15) is 0 Å². The molecule has 0 saturated heterocycles. The fourth-order valence-electron chi connectivity index (χ4n) is 1.76. The molecule has 0 unspecified atom stereocenters. The molecule has 0 radical (unpaired) electrons. The van der Waals surface area contributed by atoms with E-state index < -0.39 is 0 Å². The van der Waals surface area contributed by atoms with Crippen LogP contribution in [0.1, 0.15) is 24.0 Å². The first-order valence-electron chi connectivity index (χ1n) is 6.17. The van der Waals surface area contributed by atoms with E-state index in [0.717, 1.165) is 30.1 Å². The number of carbonyl (C=O) groups excluding carboxylic acids is 1. The summed E-state index contributed by atoms with van der Waals surface area (Å²) in [6, 6.07) is 6.14. The predicted octanol–water partition coefficient (Wildman–Crippen LogP) is 2.61. The zero-order valence-electron chi connectivity index (χ0n) is 11.3. The Balaban J connectivity index is 2.37. The lowest BCUT2D eigenvalue weighted by atomic mass is 10.1. The molecule has 4 heteroatoms. The van der Waals surface area contributed by atoms with Gasteiger partial charge in [0.2, 0.25) is 5.91 Å². The van der Waals surface area contributed by atoms with E-state index in [1.165, 1.54) is 5.56 Å². The van der Waals surface area contributed by atoms with Crippen molar-refractivity contribution in [1.29, 1.82) is 0 Å². The molecule has 0 fully saturated rings. The molecule has 0 aliphatic carbocycles. The van der Waals surface area contributed by atoms with Gasteiger partial charge in [0.25, 0.3) is 0 Å². The van der Waals surface area contributed by atoms with Crippen LogP contribution in [-0.2, 0) is 11.3 Å². The number of hydrogen-bond donors (Lipinski definition) is 1. The summed E-state index contributed by atoms with van der Waals surface area (Å²) in [7, 11) is 3.72. The summed E-state index contributed by atoms with van der Waals surface area (Å²) >= 11 is 6.09. The van der Waals surface area contributed by atoms with Crippen LogP contribution < -0.4 is 5.32 Å². The van der Waals surface area contributed by atoms with Crippen LogP contribution in [0.3, 0.4) is 0 Å². The molecule has 0 atom stereocenters. The smallest absolute Gasteiger partial charge is 0.219 e. The van der Waals surface area contributed by atoms with Crippen LogP contribution >= 0.6 is 11.6 Å². The SMILES string of the molecule is CNC(=O)CCCN(C)Cc1ccc(C)c(Cl)c1. The van der Waals surface area contributed by atoms with E-state index in [0.29, 0.717) is 6.42 Å². The van der Waals surface area contributed by atoms with E-state index in [1.807, 2.05) is 19.1 Å². The Hall–Kier alpha value is -1.06. The van der Waals surface area contributed by atoms with Crippen molar-refractivity contribution in [3.63, 3.8) is 0 Å². The van der Waals surface area contributed by atoms with Crippen molar-refractivity contribution < 1.29 is 4.79 Å². The lowest BCUT2D eigenvalue weighted by Crippen LogP contribution is -2.22. The first-order chi connectivity index (χ1) is 8.52. The van der Waals surface area contributed by atoms with Gasteiger partial charge < -0.3 is 10.2 Å². The second-order valence-corrected chi connectivity index (χ2v) is 5.01. The number of hydrogen-bond acceptors (Lipinski definition) is 2. The van der Waals surface area contributed by atoms with Crippen LogP contribution in [0.25, 0.3) is 0 Å². The average Bonchev–Trinajstić information content (AvgIpc) is 2.33. The number of benzene rings is 1. The van der Waals surface area contributed by atoms with E-state index in [9.17, 15) is 4.79 Å². The first kappa shape index (κ1) is 15.0. The molecular formula is C14H21ClN2O. The molecule has 0 saturated carbocycles. The van der Waals surface area contributed by atoms with E-state index in [1.54, 1.807) is 7.05 Å². The summed E-state index contributed by atoms with van der Waals surface area (Å²) in [4.78, 5) is 13.3. The summed E-state index contributed by atoms with van der Waals surface area (Å²) in [6.07, 6.45) is 1.45. The van der Waals surface area contributed by atoms with Crippen LogP contribution in [0.4, 0.5) is 0 Å². The molecule has 0 aromatic heterocycles. The normalized spacial score (nSPS) is 10.7. The van der Waals surface area contributed by atoms with Gasteiger partial charge in [0.1, 0.15) is 0 Å². The number of halogens is 1. The van der Waals surface area contributed by atoms with Gasteiger partial charge >= 0.3 is 0 Å². The second-order valence-electron chi connectivity index (χ2n) is 4.60. The fraction of sp³-hybridized carbons (Fsp3) is 0.500. The summed E-state index contributed by atoms with van der Waals surface area (Å²) < 4.78 is 0. The van der Waals surface area contributed by atoms with Gasteiger partial charge in [0, 0.05) is 25.0 Å². The van der Waals surface area contributed by atoms with E-state index >= 15 is 0 Å². The van der Waals surface area contributed by atoms with Crippen LogP contribution in [0.5, 0.6) is 0 Å². The number of aryl methyl sites for hydroxylation is 1. The van der Waals surface area contributed by atoms with Crippen molar-refractivity contribution in [3.05, 3.63) is 34.3 Å². The van der Waals surface area contributed by atoms with Crippen LogP contribution in [-0.4, -0.2) is 31.4 Å². The van der Waals surface area contributed by atoms with E-state index in [4.69, 9.17) is 11.6 Å². The maximum atomic E-state index is 11.1. The molecule has 1 amide bonds. The Labute approximate surface area is 114 Å². The molecule has 1 aromatic carbocycles. The van der Waals surface area contributed by atoms with Crippen molar-refractivity contribution in [3.8, 4) is 0 Å².